The van der Waals surface area contributed by atoms with Crippen LogP contribution < -0.4 is 15.5 Å². The van der Waals surface area contributed by atoms with Crippen molar-refractivity contribution in [2.75, 3.05) is 29.9 Å². The summed E-state index contributed by atoms with van der Waals surface area (Å²) < 4.78 is 82.0. The summed E-state index contributed by atoms with van der Waals surface area (Å²) in [5.74, 6) is 0.00707. The van der Waals surface area contributed by atoms with E-state index in [1.54, 1.807) is 0 Å². The van der Waals surface area contributed by atoms with E-state index in [4.69, 9.17) is 0 Å². The van der Waals surface area contributed by atoms with Crippen molar-refractivity contribution in [3.8, 4) is 0 Å². The molecule has 0 bridgehead atoms. The van der Waals surface area contributed by atoms with Crippen molar-refractivity contribution < 1.29 is 31.4 Å². The molecule has 1 aliphatic rings. The number of rotatable bonds is 4. The van der Waals surface area contributed by atoms with Gasteiger partial charge in [-0.3, -0.25) is 4.68 Å². The Kier molecular flexibility index (Phi) is 5.40. The number of aliphatic hydroxyl groups excluding tert-OH is 1. The Morgan fingerprint density at radius 3 is 2.69 bits per heavy atom. The van der Waals surface area contributed by atoms with E-state index in [9.17, 15) is 31.4 Å². The Balaban J connectivity index is 1.66. The first kappa shape index (κ1) is 22.1. The summed E-state index contributed by atoms with van der Waals surface area (Å²) in [5, 5.41) is 22.9. The second-order valence-corrected chi connectivity index (χ2v) is 7.22. The van der Waals surface area contributed by atoms with Crippen LogP contribution in [0.15, 0.2) is 24.7 Å². The Morgan fingerprint density at radius 1 is 1.25 bits per heavy atom. The number of aromatic nitrogens is 5. The van der Waals surface area contributed by atoms with Crippen LogP contribution in [0.5, 0.6) is 0 Å². The first-order valence-electron chi connectivity index (χ1n) is 9.39. The van der Waals surface area contributed by atoms with E-state index in [-0.39, 0.29) is 30.1 Å². The van der Waals surface area contributed by atoms with Gasteiger partial charge in [0.25, 0.3) is 0 Å². The Hall–Kier alpha value is -3.07. The number of nitrogens with one attached hydrogen (secondary N) is 2. The van der Waals surface area contributed by atoms with Gasteiger partial charge in [0.05, 0.1) is 17.4 Å². The molecule has 4 rings (SSSR count). The quantitative estimate of drug-likeness (QED) is 0.401. The van der Waals surface area contributed by atoms with Crippen LogP contribution in [-0.4, -0.2) is 61.3 Å². The molecule has 4 heterocycles. The molecule has 0 radical (unpaired) electrons. The van der Waals surface area contributed by atoms with Gasteiger partial charge in [0.2, 0.25) is 0 Å². The fraction of sp³-hybridized carbons (Fsp3) is 0.471. The molecule has 32 heavy (non-hydrogen) atoms. The number of aliphatic hydroxyl groups is 1. The lowest BCUT2D eigenvalue weighted by Crippen LogP contribution is -2.58. The van der Waals surface area contributed by atoms with Crippen LogP contribution in [0.3, 0.4) is 0 Å². The number of halogens is 6. The first-order chi connectivity index (χ1) is 14.9. The molecule has 1 aliphatic heterocycles. The highest BCUT2D eigenvalue weighted by atomic mass is 19.4. The summed E-state index contributed by atoms with van der Waals surface area (Å²) in [6, 6.07) is -0.443. The molecule has 174 valence electrons. The lowest BCUT2D eigenvalue weighted by Gasteiger charge is -2.37. The molecule has 3 aromatic rings. The minimum absolute atomic E-state index is 0.000550. The molecule has 0 spiro atoms. The molecule has 1 saturated heterocycles. The molecule has 1 fully saturated rings. The molecular formula is C17H18F6N8O. The van der Waals surface area contributed by atoms with E-state index in [0.717, 1.165) is 15.8 Å². The molecule has 2 atom stereocenters. The van der Waals surface area contributed by atoms with Gasteiger partial charge in [0.1, 0.15) is 11.9 Å². The van der Waals surface area contributed by atoms with Crippen LogP contribution in [0.25, 0.3) is 5.65 Å². The summed E-state index contributed by atoms with van der Waals surface area (Å²) in [6.45, 7) is 0.0487. The van der Waals surface area contributed by atoms with Crippen molar-refractivity contribution >= 4 is 17.2 Å². The summed E-state index contributed by atoms with van der Waals surface area (Å²) >= 11 is 0. The third-order valence-corrected chi connectivity index (χ3v) is 4.98. The second kappa shape index (κ2) is 7.81. The van der Waals surface area contributed by atoms with Crippen LogP contribution in [0, 0.1) is 0 Å². The number of fused-ring (bicyclic) bond motifs is 1. The van der Waals surface area contributed by atoms with Crippen LogP contribution in [0.2, 0.25) is 0 Å². The zero-order valence-electron chi connectivity index (χ0n) is 16.5. The molecule has 0 saturated carbocycles. The molecule has 3 aromatic heterocycles. The third-order valence-electron chi connectivity index (χ3n) is 4.98. The smallest absolute Gasteiger partial charge is 0.369 e. The summed E-state index contributed by atoms with van der Waals surface area (Å²) in [5.41, 5.74) is -1.71. The fourth-order valence-electron chi connectivity index (χ4n) is 3.53. The Bertz CT molecular complexity index is 1110. The molecule has 15 heteroatoms. The van der Waals surface area contributed by atoms with Gasteiger partial charge in [-0.05, 0) is 6.07 Å². The second-order valence-electron chi connectivity index (χ2n) is 7.22. The lowest BCUT2D eigenvalue weighted by atomic mass is 10.2. The highest BCUT2D eigenvalue weighted by Crippen LogP contribution is 2.35. The maximum absolute atomic E-state index is 13.4. The fourth-order valence-corrected chi connectivity index (χ4v) is 3.53. The predicted octanol–water partition coefficient (Wildman–Crippen LogP) is 1.93. The lowest BCUT2D eigenvalue weighted by molar-refractivity contribution is -0.149. The third kappa shape index (κ3) is 4.17. The van der Waals surface area contributed by atoms with Crippen molar-refractivity contribution in [2.45, 2.75) is 24.6 Å². The monoisotopic (exact) mass is 464 g/mol. The highest BCUT2D eigenvalue weighted by Gasteiger charge is 2.45. The molecular weight excluding hydrogens is 446 g/mol. The number of alkyl halides is 6. The van der Waals surface area contributed by atoms with Crippen LogP contribution in [-0.2, 0) is 13.2 Å². The number of anilines is 2. The van der Waals surface area contributed by atoms with Crippen molar-refractivity contribution in [1.82, 2.24) is 29.7 Å². The van der Waals surface area contributed by atoms with E-state index >= 15 is 0 Å². The van der Waals surface area contributed by atoms with Gasteiger partial charge in [-0.15, -0.1) is 0 Å². The van der Waals surface area contributed by atoms with Crippen molar-refractivity contribution in [2.24, 2.45) is 7.05 Å². The first-order valence-corrected chi connectivity index (χ1v) is 9.39. The van der Waals surface area contributed by atoms with Gasteiger partial charge in [0, 0.05) is 39.1 Å². The summed E-state index contributed by atoms with van der Waals surface area (Å²) in [7, 11) is 1.29. The van der Waals surface area contributed by atoms with Gasteiger partial charge >= 0.3 is 12.4 Å². The van der Waals surface area contributed by atoms with Crippen LogP contribution in [0.1, 0.15) is 17.5 Å². The van der Waals surface area contributed by atoms with Crippen molar-refractivity contribution in [1.29, 1.82) is 0 Å². The van der Waals surface area contributed by atoms with Gasteiger partial charge in [-0.25, -0.2) is 9.50 Å². The maximum atomic E-state index is 13.4. The Labute approximate surface area is 176 Å². The normalized spacial score (nSPS) is 18.9. The number of nitrogens with zero attached hydrogens (tertiary/aromatic N) is 6. The average molecular weight is 464 g/mol. The molecule has 3 N–H and O–H groups in total. The topological polar surface area (TPSA) is 95.5 Å². The van der Waals surface area contributed by atoms with E-state index in [1.807, 2.05) is 0 Å². The average Bonchev–Trinajstić information content (AvgIpc) is 3.30. The number of hydrogen-bond donors (Lipinski definition) is 3. The highest BCUT2D eigenvalue weighted by molar-refractivity contribution is 5.57. The number of aryl methyl sites for hydroxylation is 1. The van der Waals surface area contributed by atoms with E-state index in [1.165, 1.54) is 30.0 Å². The molecule has 0 aromatic carbocycles. The van der Waals surface area contributed by atoms with Gasteiger partial charge in [0.15, 0.2) is 17.6 Å². The van der Waals surface area contributed by atoms with E-state index in [0.29, 0.717) is 6.54 Å². The zero-order chi connectivity index (χ0) is 23.3. The SMILES string of the molecule is Cn1cc(NC(O)c2cnn3ccc(N4CCNCC4C(F)(F)F)nc23)c(C(F)(F)F)n1. The molecule has 2 unspecified atom stereocenters. The van der Waals surface area contributed by atoms with Gasteiger partial charge in [-0.1, -0.05) is 0 Å². The van der Waals surface area contributed by atoms with Crippen LogP contribution >= 0.6 is 0 Å². The largest absolute Gasteiger partial charge is 0.437 e. The van der Waals surface area contributed by atoms with Crippen LogP contribution in [0.4, 0.5) is 37.8 Å². The Morgan fingerprint density at radius 2 is 2.00 bits per heavy atom. The van der Waals surface area contributed by atoms with Gasteiger partial charge < -0.3 is 20.6 Å². The standard InChI is InChI=1S/C17H18F6N8O/c1-29-8-10(13(28-29)17(21,22)23)26-15(32)9-6-25-31-4-2-12(27-14(9)31)30-5-3-24-7-11(30)16(18,19)20/h2,4,6,8,11,15,24,26,32H,3,5,7H2,1H3. The number of piperazine rings is 1. The van der Waals surface area contributed by atoms with Gasteiger partial charge in [-0.2, -0.15) is 36.5 Å². The molecule has 9 nitrogen and oxygen atoms in total. The van der Waals surface area contributed by atoms with E-state index < -0.39 is 36.0 Å². The summed E-state index contributed by atoms with van der Waals surface area (Å²) in [6.07, 6.45) is -7.35. The molecule has 0 amide bonds. The predicted molar refractivity (Wildman–Crippen MR) is 99.8 cm³/mol. The zero-order valence-corrected chi connectivity index (χ0v) is 16.5. The molecule has 0 aliphatic carbocycles. The maximum Gasteiger partial charge on any atom is 0.437 e. The van der Waals surface area contributed by atoms with Crippen molar-refractivity contribution in [3.63, 3.8) is 0 Å². The van der Waals surface area contributed by atoms with Crippen molar-refractivity contribution in [3.05, 3.63) is 35.9 Å². The summed E-state index contributed by atoms with van der Waals surface area (Å²) in [4.78, 5) is 5.31. The number of hydrogen-bond acceptors (Lipinski definition) is 7. The van der Waals surface area contributed by atoms with E-state index in [2.05, 4.69) is 25.8 Å². The minimum Gasteiger partial charge on any atom is -0.369 e. The minimum atomic E-state index is -4.76.